The first-order valence-corrected chi connectivity index (χ1v) is 11.0. The van der Waals surface area contributed by atoms with Crippen LogP contribution in [-0.2, 0) is 13.6 Å². The van der Waals surface area contributed by atoms with Gasteiger partial charge in [-0.2, -0.15) is 15.2 Å². The lowest BCUT2D eigenvalue weighted by Crippen LogP contribution is -2.08. The van der Waals surface area contributed by atoms with Gasteiger partial charge in [0.1, 0.15) is 5.69 Å². The number of hydrogen-bond acceptors (Lipinski definition) is 8. The highest BCUT2D eigenvalue weighted by molar-refractivity contribution is 6.28. The van der Waals surface area contributed by atoms with Crippen molar-refractivity contribution in [2.24, 2.45) is 7.05 Å². The normalized spacial score (nSPS) is 13.7. The minimum Gasteiger partial charge on any atom is -0.472 e. The van der Waals surface area contributed by atoms with Crippen LogP contribution in [0.5, 0.6) is 5.88 Å². The summed E-state index contributed by atoms with van der Waals surface area (Å²) in [4.78, 5) is 19.8. The predicted octanol–water partition coefficient (Wildman–Crippen LogP) is 3.27. The lowest BCUT2D eigenvalue weighted by Gasteiger charge is -2.04. The molecule has 172 valence electrons. The smallest absolute Gasteiger partial charge is 0.354 e. The van der Waals surface area contributed by atoms with Crippen molar-refractivity contribution in [3.63, 3.8) is 0 Å². The maximum atomic E-state index is 12.0. The maximum absolute atomic E-state index is 12.0. The molecule has 0 radical (unpaired) electrons. The van der Waals surface area contributed by atoms with Crippen LogP contribution in [0.25, 0.3) is 16.9 Å². The number of aromatic nitrogens is 8. The van der Waals surface area contributed by atoms with Crippen molar-refractivity contribution in [2.45, 2.75) is 45.6 Å². The van der Waals surface area contributed by atoms with Crippen LogP contribution < -0.4 is 4.74 Å². The fraction of sp³-hybridized carbons (Fsp3) is 0.450. The van der Waals surface area contributed by atoms with Gasteiger partial charge in [-0.3, -0.25) is 14.8 Å². The topological polar surface area (TPSA) is 132 Å². The third-order valence-electron chi connectivity index (χ3n) is 5.59. The molecule has 1 aliphatic rings. The van der Waals surface area contributed by atoms with E-state index in [1.807, 2.05) is 20.0 Å². The summed E-state index contributed by atoms with van der Waals surface area (Å²) >= 11 is 5.93. The number of aryl methyl sites for hydroxylation is 4. The Balaban J connectivity index is 1.38. The van der Waals surface area contributed by atoms with E-state index in [-0.39, 0.29) is 29.4 Å². The lowest BCUT2D eigenvalue weighted by atomic mass is 10.2. The van der Waals surface area contributed by atoms with Gasteiger partial charge in [-0.15, -0.1) is 5.10 Å². The number of ether oxygens (including phenoxy) is 1. The number of rotatable bonds is 8. The summed E-state index contributed by atoms with van der Waals surface area (Å²) in [5.41, 5.74) is 2.80. The highest BCUT2D eigenvalue weighted by atomic mass is 35.5. The molecule has 0 aromatic carbocycles. The largest absolute Gasteiger partial charge is 0.472 e. The molecule has 4 heterocycles. The highest BCUT2D eigenvalue weighted by Gasteiger charge is 2.40. The Morgan fingerprint density at radius 1 is 1.27 bits per heavy atom. The molecule has 0 aliphatic heterocycles. The van der Waals surface area contributed by atoms with Crippen LogP contribution in [-0.4, -0.2) is 50.8 Å². The summed E-state index contributed by atoms with van der Waals surface area (Å²) in [5.74, 6) is 0.672. The molecule has 33 heavy (non-hydrogen) atoms. The number of halogens is 1. The van der Waals surface area contributed by atoms with Gasteiger partial charge < -0.3 is 4.74 Å². The number of nitrogens with zero attached hydrogens (tertiary/aromatic N) is 9. The molecule has 1 saturated carbocycles. The Morgan fingerprint density at radius 3 is 2.73 bits per heavy atom. The zero-order valence-electron chi connectivity index (χ0n) is 18.4. The summed E-state index contributed by atoms with van der Waals surface area (Å²) < 4.78 is 10.8. The molecule has 0 amide bonds. The van der Waals surface area contributed by atoms with E-state index < -0.39 is 4.92 Å². The summed E-state index contributed by atoms with van der Waals surface area (Å²) in [6.45, 7) is 4.50. The first-order chi connectivity index (χ1) is 15.8. The molecule has 5 rings (SSSR count). The second kappa shape index (κ2) is 8.10. The van der Waals surface area contributed by atoms with E-state index in [0.717, 1.165) is 29.5 Å². The molecule has 1 fully saturated rings. The standard InChI is InChI=1S/C20H22ClN9O3/c1-11-10-27(3)25-17(11)29-15(13-5-6-13)16(30(31)32)19(26-29)33-8-4-7-28-18-14(12(2)24-28)9-22-20(21)23-18/h9-10,13H,4-8H2,1-3H3. The lowest BCUT2D eigenvalue weighted by molar-refractivity contribution is -0.386. The zero-order valence-corrected chi connectivity index (χ0v) is 19.2. The third-order valence-corrected chi connectivity index (χ3v) is 5.78. The molecule has 4 aromatic heterocycles. The van der Waals surface area contributed by atoms with E-state index in [2.05, 4.69) is 25.3 Å². The third kappa shape index (κ3) is 3.90. The fourth-order valence-corrected chi connectivity index (χ4v) is 4.11. The average molecular weight is 472 g/mol. The highest BCUT2D eigenvalue weighted by Crippen LogP contribution is 2.48. The quantitative estimate of drug-likeness (QED) is 0.165. The molecule has 0 N–H and O–H groups in total. The van der Waals surface area contributed by atoms with Crippen molar-refractivity contribution in [3.8, 4) is 11.7 Å². The molecular weight excluding hydrogens is 450 g/mol. The summed E-state index contributed by atoms with van der Waals surface area (Å²) in [7, 11) is 1.81. The first-order valence-electron chi connectivity index (χ1n) is 10.6. The van der Waals surface area contributed by atoms with Gasteiger partial charge in [-0.05, 0) is 38.3 Å². The van der Waals surface area contributed by atoms with Gasteiger partial charge in [0.25, 0.3) is 0 Å². The molecule has 0 atom stereocenters. The van der Waals surface area contributed by atoms with Crippen LogP contribution in [0, 0.1) is 24.0 Å². The van der Waals surface area contributed by atoms with Crippen LogP contribution >= 0.6 is 11.6 Å². The van der Waals surface area contributed by atoms with Crippen LogP contribution in [0.15, 0.2) is 12.4 Å². The minimum atomic E-state index is -0.409. The molecule has 0 bridgehead atoms. The average Bonchev–Trinajstić information content (AvgIpc) is 3.35. The van der Waals surface area contributed by atoms with Crippen LogP contribution in [0.4, 0.5) is 5.69 Å². The van der Waals surface area contributed by atoms with E-state index in [4.69, 9.17) is 16.3 Å². The van der Waals surface area contributed by atoms with Crippen molar-refractivity contribution >= 4 is 28.3 Å². The monoisotopic (exact) mass is 471 g/mol. The molecule has 1 aliphatic carbocycles. The van der Waals surface area contributed by atoms with Gasteiger partial charge in [-0.25, -0.2) is 14.3 Å². The van der Waals surface area contributed by atoms with Gasteiger partial charge >= 0.3 is 11.6 Å². The molecule has 12 nitrogen and oxygen atoms in total. The van der Waals surface area contributed by atoms with Gasteiger partial charge in [0, 0.05) is 43.9 Å². The van der Waals surface area contributed by atoms with Crippen molar-refractivity contribution in [1.29, 1.82) is 0 Å². The Morgan fingerprint density at radius 2 is 2.06 bits per heavy atom. The maximum Gasteiger partial charge on any atom is 0.354 e. The van der Waals surface area contributed by atoms with Gasteiger partial charge in [-0.1, -0.05) is 0 Å². The molecule has 0 spiro atoms. The Bertz CT molecular complexity index is 1370. The van der Waals surface area contributed by atoms with Crippen LogP contribution in [0.2, 0.25) is 5.28 Å². The molecule has 0 saturated heterocycles. The van der Waals surface area contributed by atoms with Crippen molar-refractivity contribution < 1.29 is 9.66 Å². The van der Waals surface area contributed by atoms with Crippen molar-refractivity contribution in [1.82, 2.24) is 39.3 Å². The van der Waals surface area contributed by atoms with E-state index >= 15 is 0 Å². The predicted molar refractivity (Wildman–Crippen MR) is 119 cm³/mol. The Kier molecular flexibility index (Phi) is 5.23. The Labute approximate surface area is 193 Å². The minimum absolute atomic E-state index is 0.0128. The van der Waals surface area contributed by atoms with Gasteiger partial charge in [0.15, 0.2) is 11.5 Å². The van der Waals surface area contributed by atoms with Crippen molar-refractivity contribution in [3.05, 3.63) is 44.7 Å². The second-order valence-corrected chi connectivity index (χ2v) is 8.52. The van der Waals surface area contributed by atoms with Crippen LogP contribution in [0.1, 0.15) is 42.1 Å². The second-order valence-electron chi connectivity index (χ2n) is 8.18. The van der Waals surface area contributed by atoms with Gasteiger partial charge in [0.2, 0.25) is 5.28 Å². The number of nitro groups is 1. The molecule has 0 unspecified atom stereocenters. The molecule has 13 heteroatoms. The fourth-order valence-electron chi connectivity index (χ4n) is 3.99. The van der Waals surface area contributed by atoms with E-state index in [0.29, 0.717) is 30.1 Å². The summed E-state index contributed by atoms with van der Waals surface area (Å²) in [5, 5.41) is 26.3. The SMILES string of the molecule is Cc1cn(C)nc1-n1nc(OCCCn2nc(C)c3cnc(Cl)nc32)c([N+](=O)[O-])c1C1CC1. The number of fused-ring (bicyclic) bond motifs is 1. The van der Waals surface area contributed by atoms with E-state index in [9.17, 15) is 10.1 Å². The molecule has 4 aromatic rings. The van der Waals surface area contributed by atoms with E-state index in [1.54, 1.807) is 27.3 Å². The molecular formula is C20H22ClN9O3. The Hall–Kier alpha value is -3.54. The number of hydrogen-bond donors (Lipinski definition) is 0. The summed E-state index contributed by atoms with van der Waals surface area (Å²) in [6.07, 6.45) is 5.81. The van der Waals surface area contributed by atoms with Crippen LogP contribution in [0.3, 0.4) is 0 Å². The van der Waals surface area contributed by atoms with Gasteiger partial charge in [0.05, 0.1) is 22.6 Å². The zero-order chi connectivity index (χ0) is 23.3. The summed E-state index contributed by atoms with van der Waals surface area (Å²) in [6, 6.07) is 0. The van der Waals surface area contributed by atoms with Crippen molar-refractivity contribution in [2.75, 3.05) is 6.61 Å². The van der Waals surface area contributed by atoms with E-state index in [1.165, 1.54) is 0 Å². The first kappa shape index (κ1) is 21.3.